The van der Waals surface area contributed by atoms with Crippen molar-refractivity contribution in [3.05, 3.63) is 95.8 Å². The summed E-state index contributed by atoms with van der Waals surface area (Å²) >= 11 is 0. The monoisotopic (exact) mass is 384 g/mol. The zero-order chi connectivity index (χ0) is 20.1. The SMILES string of the molecule is C=CCOc1ccc(-c2ccc(COc3ccc(C)cc3F)cc2)c(F)c1F. The van der Waals surface area contributed by atoms with E-state index in [0.717, 1.165) is 11.1 Å². The molecule has 0 saturated carbocycles. The number of halogens is 3. The summed E-state index contributed by atoms with van der Waals surface area (Å²) in [7, 11) is 0. The molecule has 0 fully saturated rings. The summed E-state index contributed by atoms with van der Waals surface area (Å²) in [5, 5.41) is 0. The molecular weight excluding hydrogens is 365 g/mol. The topological polar surface area (TPSA) is 18.5 Å². The fourth-order valence-corrected chi connectivity index (χ4v) is 2.68. The lowest BCUT2D eigenvalue weighted by Crippen LogP contribution is -2.00. The summed E-state index contributed by atoms with van der Waals surface area (Å²) in [6.07, 6.45) is 1.45. The molecule has 28 heavy (non-hydrogen) atoms. The maximum atomic E-state index is 14.4. The van der Waals surface area contributed by atoms with E-state index < -0.39 is 17.5 Å². The largest absolute Gasteiger partial charge is 0.486 e. The highest BCUT2D eigenvalue weighted by molar-refractivity contribution is 5.65. The highest BCUT2D eigenvalue weighted by atomic mass is 19.2. The normalized spacial score (nSPS) is 10.6. The smallest absolute Gasteiger partial charge is 0.201 e. The maximum absolute atomic E-state index is 14.4. The quantitative estimate of drug-likeness (QED) is 0.450. The van der Waals surface area contributed by atoms with Crippen LogP contribution in [0.3, 0.4) is 0 Å². The molecule has 0 radical (unpaired) electrons. The average molecular weight is 384 g/mol. The first kappa shape index (κ1) is 19.5. The van der Waals surface area contributed by atoms with Crippen LogP contribution in [0.5, 0.6) is 11.5 Å². The van der Waals surface area contributed by atoms with Crippen LogP contribution in [-0.4, -0.2) is 6.61 Å². The van der Waals surface area contributed by atoms with Crippen molar-refractivity contribution >= 4 is 0 Å². The Labute approximate surface area is 161 Å². The molecule has 0 atom stereocenters. The zero-order valence-electron chi connectivity index (χ0n) is 15.3. The minimum Gasteiger partial charge on any atom is -0.486 e. The van der Waals surface area contributed by atoms with Crippen molar-refractivity contribution in [2.45, 2.75) is 13.5 Å². The van der Waals surface area contributed by atoms with Gasteiger partial charge in [-0.05, 0) is 47.9 Å². The molecule has 0 N–H and O–H groups in total. The molecular formula is C23H19F3O2. The van der Waals surface area contributed by atoms with E-state index in [9.17, 15) is 13.2 Å². The van der Waals surface area contributed by atoms with Crippen molar-refractivity contribution < 1.29 is 22.6 Å². The minimum absolute atomic E-state index is 0.0893. The second-order valence-electron chi connectivity index (χ2n) is 6.26. The first-order chi connectivity index (χ1) is 13.5. The van der Waals surface area contributed by atoms with E-state index in [-0.39, 0.29) is 30.3 Å². The molecule has 0 amide bonds. The molecule has 0 bridgehead atoms. The first-order valence-electron chi connectivity index (χ1n) is 8.69. The van der Waals surface area contributed by atoms with Crippen molar-refractivity contribution in [1.82, 2.24) is 0 Å². The van der Waals surface area contributed by atoms with Gasteiger partial charge in [0.25, 0.3) is 0 Å². The number of aryl methyl sites for hydroxylation is 1. The summed E-state index contributed by atoms with van der Waals surface area (Å²) in [6, 6.07) is 14.4. The lowest BCUT2D eigenvalue weighted by Gasteiger charge is -2.11. The molecule has 144 valence electrons. The Morgan fingerprint density at radius 3 is 2.25 bits per heavy atom. The minimum atomic E-state index is -1.04. The fraction of sp³-hybridized carbons (Fsp3) is 0.130. The van der Waals surface area contributed by atoms with E-state index in [0.29, 0.717) is 5.56 Å². The Bertz CT molecular complexity index is 982. The van der Waals surface area contributed by atoms with Gasteiger partial charge in [0.1, 0.15) is 13.2 Å². The zero-order valence-corrected chi connectivity index (χ0v) is 15.3. The van der Waals surface area contributed by atoms with Crippen LogP contribution in [-0.2, 0) is 6.61 Å². The van der Waals surface area contributed by atoms with E-state index in [1.807, 2.05) is 0 Å². The molecule has 5 heteroatoms. The van der Waals surface area contributed by atoms with Crippen molar-refractivity contribution in [3.63, 3.8) is 0 Å². The van der Waals surface area contributed by atoms with Crippen LogP contribution in [0.4, 0.5) is 13.2 Å². The van der Waals surface area contributed by atoms with E-state index in [1.54, 1.807) is 43.3 Å². The molecule has 3 rings (SSSR count). The highest BCUT2D eigenvalue weighted by Gasteiger charge is 2.15. The molecule has 0 aliphatic rings. The van der Waals surface area contributed by atoms with Crippen LogP contribution in [0.2, 0.25) is 0 Å². The molecule has 2 nitrogen and oxygen atoms in total. The summed E-state index contributed by atoms with van der Waals surface area (Å²) in [5.41, 5.74) is 2.22. The second-order valence-corrected chi connectivity index (χ2v) is 6.26. The molecule has 0 aliphatic carbocycles. The van der Waals surface area contributed by atoms with Crippen LogP contribution in [0, 0.1) is 24.4 Å². The van der Waals surface area contributed by atoms with Crippen molar-refractivity contribution in [2.24, 2.45) is 0 Å². The predicted octanol–water partition coefficient (Wildman–Crippen LogP) is 6.22. The lowest BCUT2D eigenvalue weighted by molar-refractivity contribution is 0.290. The third-order valence-corrected chi connectivity index (χ3v) is 4.15. The molecule has 0 unspecified atom stereocenters. The molecule has 3 aromatic carbocycles. The van der Waals surface area contributed by atoms with Crippen LogP contribution < -0.4 is 9.47 Å². The van der Waals surface area contributed by atoms with Gasteiger partial charge in [0.15, 0.2) is 23.1 Å². The Morgan fingerprint density at radius 1 is 0.857 bits per heavy atom. The van der Waals surface area contributed by atoms with Gasteiger partial charge in [0.2, 0.25) is 5.82 Å². The highest BCUT2D eigenvalue weighted by Crippen LogP contribution is 2.30. The summed E-state index contributed by atoms with van der Waals surface area (Å²) in [5.74, 6) is -2.44. The number of ether oxygens (including phenoxy) is 2. The van der Waals surface area contributed by atoms with Crippen LogP contribution >= 0.6 is 0 Å². The first-order valence-corrected chi connectivity index (χ1v) is 8.69. The van der Waals surface area contributed by atoms with Crippen molar-refractivity contribution in [2.75, 3.05) is 6.61 Å². The number of hydrogen-bond acceptors (Lipinski definition) is 2. The van der Waals surface area contributed by atoms with E-state index in [4.69, 9.17) is 9.47 Å². The Morgan fingerprint density at radius 2 is 1.57 bits per heavy atom. The van der Waals surface area contributed by atoms with E-state index >= 15 is 0 Å². The molecule has 0 aliphatic heterocycles. The third-order valence-electron chi connectivity index (χ3n) is 4.15. The fourth-order valence-electron chi connectivity index (χ4n) is 2.68. The van der Waals surface area contributed by atoms with Gasteiger partial charge < -0.3 is 9.47 Å². The molecule has 0 aromatic heterocycles. The van der Waals surface area contributed by atoms with Gasteiger partial charge in [-0.25, -0.2) is 8.78 Å². The van der Waals surface area contributed by atoms with Crippen LogP contribution in [0.1, 0.15) is 11.1 Å². The van der Waals surface area contributed by atoms with Gasteiger partial charge in [-0.15, -0.1) is 0 Å². The maximum Gasteiger partial charge on any atom is 0.201 e. The van der Waals surface area contributed by atoms with E-state index in [1.165, 1.54) is 24.3 Å². The molecule has 0 saturated heterocycles. The Kier molecular flexibility index (Phi) is 6.04. The predicted molar refractivity (Wildman–Crippen MR) is 103 cm³/mol. The van der Waals surface area contributed by atoms with Gasteiger partial charge in [-0.3, -0.25) is 0 Å². The summed E-state index contributed by atoms with van der Waals surface area (Å²) in [6.45, 7) is 5.52. The number of hydrogen-bond donors (Lipinski definition) is 0. The Hall–Kier alpha value is -3.21. The number of benzene rings is 3. The Balaban J connectivity index is 1.73. The van der Waals surface area contributed by atoms with Gasteiger partial charge >= 0.3 is 0 Å². The van der Waals surface area contributed by atoms with Gasteiger partial charge in [-0.1, -0.05) is 43.0 Å². The van der Waals surface area contributed by atoms with Crippen LogP contribution in [0.25, 0.3) is 11.1 Å². The van der Waals surface area contributed by atoms with E-state index in [2.05, 4.69) is 6.58 Å². The van der Waals surface area contributed by atoms with Crippen molar-refractivity contribution in [1.29, 1.82) is 0 Å². The second kappa shape index (κ2) is 8.65. The summed E-state index contributed by atoms with van der Waals surface area (Å²) < 4.78 is 52.9. The standard InChI is InChI=1S/C23H19F3O2/c1-3-12-27-21-11-9-18(22(25)23(21)26)17-7-5-16(6-8-17)14-28-20-10-4-15(2)13-19(20)24/h3-11,13H,1,12,14H2,2H3. The molecule has 3 aromatic rings. The molecule has 0 spiro atoms. The third kappa shape index (κ3) is 4.36. The van der Waals surface area contributed by atoms with Crippen LogP contribution in [0.15, 0.2) is 67.3 Å². The van der Waals surface area contributed by atoms with Gasteiger partial charge in [0, 0.05) is 5.56 Å². The van der Waals surface area contributed by atoms with Crippen molar-refractivity contribution in [3.8, 4) is 22.6 Å². The van der Waals surface area contributed by atoms with Gasteiger partial charge in [-0.2, -0.15) is 4.39 Å². The molecule has 0 heterocycles. The van der Waals surface area contributed by atoms with Gasteiger partial charge in [0.05, 0.1) is 0 Å². The average Bonchev–Trinajstić information content (AvgIpc) is 2.69. The number of rotatable bonds is 7. The lowest BCUT2D eigenvalue weighted by atomic mass is 10.0. The summed E-state index contributed by atoms with van der Waals surface area (Å²) in [4.78, 5) is 0.